The molecular weight excluding hydrogens is 232 g/mol. The predicted octanol–water partition coefficient (Wildman–Crippen LogP) is 2.51. The number of fused-ring (bicyclic) bond motifs is 3. The summed E-state index contributed by atoms with van der Waals surface area (Å²) in [4.78, 5) is 23.9. The van der Waals surface area contributed by atoms with Gasteiger partial charge in [0.15, 0.2) is 11.4 Å². The van der Waals surface area contributed by atoms with Crippen LogP contribution in [0.3, 0.4) is 0 Å². The minimum Gasteiger partial charge on any atom is -0.448 e. The fourth-order valence-electron chi connectivity index (χ4n) is 2.32. The first-order chi connectivity index (χ1) is 8.40. The molecule has 18 heavy (non-hydrogen) atoms. The maximum absolute atomic E-state index is 12.0. The van der Waals surface area contributed by atoms with Gasteiger partial charge < -0.3 is 9.15 Å². The van der Waals surface area contributed by atoms with Gasteiger partial charge in [0.05, 0.1) is 5.39 Å². The molecule has 92 valence electrons. The number of benzene rings is 1. The Morgan fingerprint density at radius 3 is 2.56 bits per heavy atom. The van der Waals surface area contributed by atoms with Crippen LogP contribution in [0.4, 0.5) is 0 Å². The summed E-state index contributed by atoms with van der Waals surface area (Å²) in [6, 6.07) is 5.35. The summed E-state index contributed by atoms with van der Waals surface area (Å²) in [5, 5.41) is 1.02. The number of cyclic esters (lactones) is 1. The average Bonchev–Trinajstić information content (AvgIpc) is 2.50. The third-order valence-electron chi connectivity index (χ3n) is 3.18. The summed E-state index contributed by atoms with van der Waals surface area (Å²) >= 11 is 0. The number of hydrogen-bond acceptors (Lipinski definition) is 4. The normalized spacial score (nSPS) is 16.7. The molecule has 4 nitrogen and oxygen atoms in total. The highest BCUT2D eigenvalue weighted by Crippen LogP contribution is 2.38. The quantitative estimate of drug-likeness (QED) is 0.668. The van der Waals surface area contributed by atoms with E-state index >= 15 is 0 Å². The molecule has 0 N–H and O–H groups in total. The van der Waals surface area contributed by atoms with Gasteiger partial charge in [-0.2, -0.15) is 0 Å². The number of carbonyl (C=O) groups excluding carboxylic acids is 1. The summed E-state index contributed by atoms with van der Waals surface area (Å²) in [6.07, 6.45) is 0. The van der Waals surface area contributed by atoms with Gasteiger partial charge in [-0.25, -0.2) is 9.59 Å². The molecule has 4 heteroatoms. The Morgan fingerprint density at radius 1 is 1.11 bits per heavy atom. The minimum atomic E-state index is -0.884. The van der Waals surface area contributed by atoms with Crippen molar-refractivity contribution in [3.63, 3.8) is 0 Å². The van der Waals surface area contributed by atoms with Gasteiger partial charge in [-0.3, -0.25) is 0 Å². The summed E-state index contributed by atoms with van der Waals surface area (Å²) in [5.41, 5.74) is -0.00113. The fourth-order valence-corrected chi connectivity index (χ4v) is 2.32. The Balaban J connectivity index is 2.52. The number of aryl methyl sites for hydroxylation is 1. The molecule has 0 spiro atoms. The maximum atomic E-state index is 12.0. The molecule has 2 heterocycles. The van der Waals surface area contributed by atoms with E-state index in [4.69, 9.17) is 9.15 Å². The van der Waals surface area contributed by atoms with E-state index in [1.807, 2.05) is 13.0 Å². The van der Waals surface area contributed by atoms with Crippen LogP contribution < -0.4 is 5.63 Å². The van der Waals surface area contributed by atoms with Gasteiger partial charge in [-0.15, -0.1) is 0 Å². The van der Waals surface area contributed by atoms with Crippen molar-refractivity contribution in [2.75, 3.05) is 0 Å². The molecule has 0 amide bonds. The van der Waals surface area contributed by atoms with Crippen LogP contribution in [0.25, 0.3) is 10.8 Å². The lowest BCUT2D eigenvalue weighted by Crippen LogP contribution is -2.17. The SMILES string of the molecule is Cc1ccc2c3c(oc(=O)c2c1)C(C)(C)OC3=O. The van der Waals surface area contributed by atoms with Crippen molar-refractivity contribution in [2.24, 2.45) is 0 Å². The van der Waals surface area contributed by atoms with E-state index < -0.39 is 17.2 Å². The van der Waals surface area contributed by atoms with E-state index in [0.717, 1.165) is 5.56 Å². The Kier molecular flexibility index (Phi) is 1.97. The van der Waals surface area contributed by atoms with E-state index in [1.54, 1.807) is 26.0 Å². The monoisotopic (exact) mass is 244 g/mol. The van der Waals surface area contributed by atoms with Gasteiger partial charge >= 0.3 is 11.6 Å². The van der Waals surface area contributed by atoms with Crippen LogP contribution >= 0.6 is 0 Å². The summed E-state index contributed by atoms with van der Waals surface area (Å²) in [7, 11) is 0. The Labute approximate surface area is 103 Å². The molecule has 2 aromatic rings. The smallest absolute Gasteiger partial charge is 0.344 e. The first-order valence-electron chi connectivity index (χ1n) is 5.71. The predicted molar refractivity (Wildman–Crippen MR) is 65.7 cm³/mol. The Hall–Kier alpha value is -2.10. The highest BCUT2D eigenvalue weighted by Gasteiger charge is 2.42. The third kappa shape index (κ3) is 1.32. The second-order valence-corrected chi connectivity index (χ2v) is 5.04. The second kappa shape index (κ2) is 3.22. The zero-order valence-electron chi connectivity index (χ0n) is 10.4. The van der Waals surface area contributed by atoms with Crippen LogP contribution in [-0.4, -0.2) is 5.97 Å². The lowest BCUT2D eigenvalue weighted by molar-refractivity contribution is 0.00221. The summed E-state index contributed by atoms with van der Waals surface area (Å²) in [6.45, 7) is 5.30. The minimum absolute atomic E-state index is 0.314. The molecule has 1 aromatic heterocycles. The highest BCUT2D eigenvalue weighted by molar-refractivity contribution is 6.06. The maximum Gasteiger partial charge on any atom is 0.344 e. The molecule has 0 saturated heterocycles. The van der Waals surface area contributed by atoms with Crippen LogP contribution in [0.5, 0.6) is 0 Å². The van der Waals surface area contributed by atoms with E-state index in [1.165, 1.54) is 0 Å². The van der Waals surface area contributed by atoms with Gasteiger partial charge in [-0.05, 0) is 26.8 Å². The largest absolute Gasteiger partial charge is 0.448 e. The molecule has 0 bridgehead atoms. The fraction of sp³-hybridized carbons (Fsp3) is 0.286. The zero-order valence-corrected chi connectivity index (χ0v) is 10.4. The van der Waals surface area contributed by atoms with Crippen molar-refractivity contribution in [1.29, 1.82) is 0 Å². The van der Waals surface area contributed by atoms with Gasteiger partial charge in [-0.1, -0.05) is 17.7 Å². The summed E-state index contributed by atoms with van der Waals surface area (Å²) < 4.78 is 10.5. The molecule has 0 radical (unpaired) electrons. The van der Waals surface area contributed by atoms with Crippen LogP contribution in [0.1, 0.15) is 35.5 Å². The van der Waals surface area contributed by atoms with Gasteiger partial charge in [0.1, 0.15) is 5.56 Å². The van der Waals surface area contributed by atoms with E-state index in [2.05, 4.69) is 0 Å². The molecule has 3 rings (SSSR count). The second-order valence-electron chi connectivity index (χ2n) is 5.04. The molecule has 1 aliphatic heterocycles. The topological polar surface area (TPSA) is 56.5 Å². The number of carbonyl (C=O) groups is 1. The number of ether oxygens (including phenoxy) is 1. The zero-order chi connectivity index (χ0) is 13.1. The Bertz CT molecular complexity index is 737. The van der Waals surface area contributed by atoms with Gasteiger partial charge in [0.25, 0.3) is 0 Å². The first kappa shape index (κ1) is 11.0. The number of hydrogen-bond donors (Lipinski definition) is 0. The van der Waals surface area contributed by atoms with Crippen molar-refractivity contribution in [3.8, 4) is 0 Å². The Morgan fingerprint density at radius 2 is 1.83 bits per heavy atom. The summed E-state index contributed by atoms with van der Waals surface area (Å²) in [5.74, 6) is -0.124. The average molecular weight is 244 g/mol. The number of rotatable bonds is 0. The van der Waals surface area contributed by atoms with Crippen LogP contribution in [0, 0.1) is 6.92 Å². The van der Waals surface area contributed by atoms with Crippen LogP contribution in [-0.2, 0) is 10.3 Å². The van der Waals surface area contributed by atoms with Crippen LogP contribution in [0.2, 0.25) is 0 Å². The van der Waals surface area contributed by atoms with Crippen molar-refractivity contribution >= 4 is 16.7 Å². The van der Waals surface area contributed by atoms with E-state index in [9.17, 15) is 9.59 Å². The first-order valence-corrected chi connectivity index (χ1v) is 5.71. The van der Waals surface area contributed by atoms with Gasteiger partial charge in [0.2, 0.25) is 0 Å². The standard InChI is InChI=1S/C14H12O4/c1-7-4-5-8-9(6-7)12(15)17-11-10(8)13(16)18-14(11,2)3/h4-6H,1-3H3. The van der Waals surface area contributed by atoms with Crippen LogP contribution in [0.15, 0.2) is 27.4 Å². The molecule has 1 aromatic carbocycles. The molecule has 1 aliphatic rings. The molecular formula is C14H12O4. The lowest BCUT2D eigenvalue weighted by atomic mass is 9.99. The third-order valence-corrected chi connectivity index (χ3v) is 3.18. The highest BCUT2D eigenvalue weighted by atomic mass is 16.6. The van der Waals surface area contributed by atoms with Crippen molar-refractivity contribution in [3.05, 3.63) is 45.5 Å². The van der Waals surface area contributed by atoms with Gasteiger partial charge in [0, 0.05) is 5.39 Å². The van der Waals surface area contributed by atoms with Crippen molar-refractivity contribution < 1.29 is 13.9 Å². The molecule has 0 saturated carbocycles. The lowest BCUT2D eigenvalue weighted by Gasteiger charge is -2.15. The molecule has 0 fully saturated rings. The molecule has 0 aliphatic carbocycles. The van der Waals surface area contributed by atoms with E-state index in [0.29, 0.717) is 22.1 Å². The van der Waals surface area contributed by atoms with Crippen molar-refractivity contribution in [1.82, 2.24) is 0 Å². The van der Waals surface area contributed by atoms with E-state index in [-0.39, 0.29) is 0 Å². The van der Waals surface area contributed by atoms with Crippen molar-refractivity contribution in [2.45, 2.75) is 26.4 Å². The molecule has 0 unspecified atom stereocenters. The molecule has 0 atom stereocenters. The number of esters is 1.